The highest BCUT2D eigenvalue weighted by atomic mass is 35.5. The normalized spacial score (nSPS) is 12.4. The number of carbonyl (C=O) groups is 3. The maximum absolute atomic E-state index is 12.4. The fraction of sp³-hybridized carbons (Fsp3) is 0.318. The van der Waals surface area contributed by atoms with Crippen molar-refractivity contribution in [1.29, 1.82) is 0 Å². The number of fused-ring (bicyclic) bond motifs is 1. The van der Waals surface area contributed by atoms with Crippen LogP contribution in [0.15, 0.2) is 36.4 Å². The third kappa shape index (κ3) is 5.37. The zero-order valence-corrected chi connectivity index (χ0v) is 17.6. The number of Topliss-reactive ketones (excluding diaryl/α,β-unsaturated/α-hetero) is 1. The van der Waals surface area contributed by atoms with Crippen LogP contribution >= 0.6 is 23.2 Å². The van der Waals surface area contributed by atoms with Gasteiger partial charge >= 0.3 is 0 Å². The number of halogens is 2. The summed E-state index contributed by atoms with van der Waals surface area (Å²) in [5, 5.41) is 3.25. The van der Waals surface area contributed by atoms with Crippen LogP contribution in [-0.4, -0.2) is 36.1 Å². The molecule has 152 valence electrons. The van der Waals surface area contributed by atoms with Crippen LogP contribution in [0.5, 0.6) is 0 Å². The molecule has 2 amide bonds. The Morgan fingerprint density at radius 1 is 1.00 bits per heavy atom. The van der Waals surface area contributed by atoms with Gasteiger partial charge < -0.3 is 10.2 Å². The van der Waals surface area contributed by atoms with Gasteiger partial charge in [0.15, 0.2) is 5.78 Å². The van der Waals surface area contributed by atoms with Gasteiger partial charge in [0.25, 0.3) is 0 Å². The number of hydrogen-bond donors (Lipinski definition) is 1. The van der Waals surface area contributed by atoms with Crippen LogP contribution < -0.4 is 5.32 Å². The molecule has 0 spiro atoms. The number of likely N-dealkylation sites (N-methyl/N-ethyl adjacent to an activating group) is 1. The molecule has 0 heterocycles. The van der Waals surface area contributed by atoms with Crippen LogP contribution in [0, 0.1) is 0 Å². The molecule has 0 aromatic heterocycles. The van der Waals surface area contributed by atoms with E-state index in [1.807, 2.05) is 18.2 Å². The highest BCUT2D eigenvalue weighted by Gasteiger charge is 2.18. The maximum Gasteiger partial charge on any atom is 0.244 e. The molecule has 0 saturated carbocycles. The Hall–Kier alpha value is -2.37. The number of nitrogens with one attached hydrogen (secondary N) is 1. The summed E-state index contributed by atoms with van der Waals surface area (Å²) in [5.74, 6) is -0.755. The van der Waals surface area contributed by atoms with Crippen LogP contribution in [0.25, 0.3) is 0 Å². The zero-order chi connectivity index (χ0) is 21.0. The number of rotatable bonds is 7. The predicted octanol–water partition coefficient (Wildman–Crippen LogP) is 4.54. The predicted molar refractivity (Wildman–Crippen MR) is 115 cm³/mol. The third-order valence-electron chi connectivity index (χ3n) is 5.02. The first-order valence-corrected chi connectivity index (χ1v) is 10.2. The molecule has 2 aromatic carbocycles. The third-order valence-corrected chi connectivity index (χ3v) is 5.65. The van der Waals surface area contributed by atoms with Crippen molar-refractivity contribution in [2.24, 2.45) is 0 Å². The smallest absolute Gasteiger partial charge is 0.244 e. The average Bonchev–Trinajstić information content (AvgIpc) is 3.16. The van der Waals surface area contributed by atoms with E-state index < -0.39 is 5.91 Å². The first kappa shape index (κ1) is 21.3. The van der Waals surface area contributed by atoms with Crippen molar-refractivity contribution in [2.45, 2.75) is 32.1 Å². The molecule has 1 aliphatic rings. The molecule has 0 fully saturated rings. The van der Waals surface area contributed by atoms with E-state index in [9.17, 15) is 14.4 Å². The van der Waals surface area contributed by atoms with Gasteiger partial charge in [0.1, 0.15) is 0 Å². The molecular formula is C22H22Cl2N2O3. The standard InChI is InChI=1S/C22H22Cl2N2O3/c1-26(13-20(28)25-22-17(23)6-3-7-18(22)24)21(29)11-10-19(27)16-9-8-14-4-2-5-15(14)12-16/h3,6-9,12H,2,4-5,10-11,13H2,1H3,(H,25,28). The van der Waals surface area contributed by atoms with E-state index in [1.54, 1.807) is 18.2 Å². The summed E-state index contributed by atoms with van der Waals surface area (Å²) in [6.07, 6.45) is 3.35. The molecule has 3 rings (SSSR count). The zero-order valence-electron chi connectivity index (χ0n) is 16.1. The van der Waals surface area contributed by atoms with Crippen LogP contribution in [0.3, 0.4) is 0 Å². The molecule has 0 unspecified atom stereocenters. The molecule has 0 radical (unpaired) electrons. The van der Waals surface area contributed by atoms with Crippen molar-refractivity contribution < 1.29 is 14.4 Å². The minimum atomic E-state index is -0.416. The quantitative estimate of drug-likeness (QED) is 0.652. The number of para-hydroxylation sites is 1. The summed E-state index contributed by atoms with van der Waals surface area (Å²) in [5.41, 5.74) is 3.50. The summed E-state index contributed by atoms with van der Waals surface area (Å²) in [6, 6.07) is 10.7. The second kappa shape index (κ2) is 9.42. The minimum absolute atomic E-state index is 0.0482. The van der Waals surface area contributed by atoms with Crippen LogP contribution in [0.2, 0.25) is 10.0 Å². The number of anilines is 1. The number of aryl methyl sites for hydroxylation is 2. The van der Waals surface area contributed by atoms with Gasteiger partial charge in [0, 0.05) is 25.5 Å². The molecule has 2 aromatic rings. The topological polar surface area (TPSA) is 66.5 Å². The molecule has 0 atom stereocenters. The molecule has 1 aliphatic carbocycles. The summed E-state index contributed by atoms with van der Waals surface area (Å²) in [4.78, 5) is 38.3. The number of amides is 2. The molecule has 0 aliphatic heterocycles. The van der Waals surface area contributed by atoms with E-state index in [0.29, 0.717) is 21.3 Å². The fourth-order valence-corrected chi connectivity index (χ4v) is 3.89. The van der Waals surface area contributed by atoms with E-state index in [0.717, 1.165) is 19.3 Å². The molecule has 29 heavy (non-hydrogen) atoms. The fourth-order valence-electron chi connectivity index (χ4n) is 3.40. The first-order chi connectivity index (χ1) is 13.8. The number of nitrogens with zero attached hydrogens (tertiary/aromatic N) is 1. The summed E-state index contributed by atoms with van der Waals surface area (Å²) in [7, 11) is 1.52. The van der Waals surface area contributed by atoms with Gasteiger partial charge in [-0.05, 0) is 48.6 Å². The van der Waals surface area contributed by atoms with Crippen LogP contribution in [-0.2, 0) is 22.4 Å². The van der Waals surface area contributed by atoms with Gasteiger partial charge in [-0.15, -0.1) is 0 Å². The van der Waals surface area contributed by atoms with Crippen molar-refractivity contribution in [3.05, 3.63) is 63.1 Å². The molecular weight excluding hydrogens is 411 g/mol. The lowest BCUT2D eigenvalue weighted by Gasteiger charge is -2.17. The average molecular weight is 433 g/mol. The van der Waals surface area contributed by atoms with Crippen molar-refractivity contribution in [2.75, 3.05) is 18.9 Å². The lowest BCUT2D eigenvalue weighted by molar-refractivity contribution is -0.133. The number of benzene rings is 2. The van der Waals surface area contributed by atoms with Crippen molar-refractivity contribution in [3.63, 3.8) is 0 Å². The molecule has 0 saturated heterocycles. The van der Waals surface area contributed by atoms with Crippen LogP contribution in [0.1, 0.15) is 40.7 Å². The van der Waals surface area contributed by atoms with E-state index in [2.05, 4.69) is 5.32 Å². The lowest BCUT2D eigenvalue weighted by atomic mass is 10.0. The van der Waals surface area contributed by atoms with E-state index in [-0.39, 0.29) is 31.1 Å². The Morgan fingerprint density at radius 2 is 1.69 bits per heavy atom. The summed E-state index contributed by atoms with van der Waals surface area (Å²) in [6.45, 7) is -0.159. The second-order valence-electron chi connectivity index (χ2n) is 7.15. The molecule has 1 N–H and O–H groups in total. The molecule has 7 heteroatoms. The Morgan fingerprint density at radius 3 is 2.41 bits per heavy atom. The van der Waals surface area contributed by atoms with Gasteiger partial charge in [0.05, 0.1) is 22.3 Å². The highest BCUT2D eigenvalue weighted by molar-refractivity contribution is 6.39. The maximum atomic E-state index is 12.4. The minimum Gasteiger partial charge on any atom is -0.336 e. The van der Waals surface area contributed by atoms with E-state index >= 15 is 0 Å². The van der Waals surface area contributed by atoms with Gasteiger partial charge in [-0.2, -0.15) is 0 Å². The highest BCUT2D eigenvalue weighted by Crippen LogP contribution is 2.29. The van der Waals surface area contributed by atoms with Gasteiger partial charge in [-0.1, -0.05) is 41.4 Å². The van der Waals surface area contributed by atoms with E-state index in [1.165, 1.54) is 23.1 Å². The number of carbonyl (C=O) groups excluding carboxylic acids is 3. The Labute approximate surface area is 180 Å². The van der Waals surface area contributed by atoms with E-state index in [4.69, 9.17) is 23.2 Å². The molecule has 5 nitrogen and oxygen atoms in total. The van der Waals surface area contributed by atoms with Crippen molar-refractivity contribution >= 4 is 46.5 Å². The molecule has 0 bridgehead atoms. The monoisotopic (exact) mass is 432 g/mol. The van der Waals surface area contributed by atoms with Gasteiger partial charge in [0.2, 0.25) is 11.8 Å². The Kier molecular flexibility index (Phi) is 6.93. The van der Waals surface area contributed by atoms with Crippen molar-refractivity contribution in [1.82, 2.24) is 4.90 Å². The van der Waals surface area contributed by atoms with Crippen molar-refractivity contribution in [3.8, 4) is 0 Å². The SMILES string of the molecule is CN(CC(=O)Nc1c(Cl)cccc1Cl)C(=O)CCC(=O)c1ccc2c(c1)CCC2. The van der Waals surface area contributed by atoms with Gasteiger partial charge in [-0.3, -0.25) is 14.4 Å². The van der Waals surface area contributed by atoms with Gasteiger partial charge in [-0.25, -0.2) is 0 Å². The number of hydrogen-bond acceptors (Lipinski definition) is 3. The lowest BCUT2D eigenvalue weighted by Crippen LogP contribution is -2.35. The Balaban J connectivity index is 1.50. The summed E-state index contributed by atoms with van der Waals surface area (Å²) < 4.78 is 0. The first-order valence-electron chi connectivity index (χ1n) is 9.48. The Bertz CT molecular complexity index is 939. The largest absolute Gasteiger partial charge is 0.336 e. The van der Waals surface area contributed by atoms with Crippen LogP contribution in [0.4, 0.5) is 5.69 Å². The second-order valence-corrected chi connectivity index (χ2v) is 7.97. The number of ketones is 1. The summed E-state index contributed by atoms with van der Waals surface area (Å²) >= 11 is 12.1.